The normalized spacial score (nSPS) is 10.1. The summed E-state index contributed by atoms with van der Waals surface area (Å²) >= 11 is 0. The van der Waals surface area contributed by atoms with Crippen LogP contribution in [0.5, 0.6) is 0 Å². The van der Waals surface area contributed by atoms with Gasteiger partial charge in [-0.15, -0.1) is 0 Å². The van der Waals surface area contributed by atoms with Crippen molar-refractivity contribution in [2.24, 2.45) is 0 Å². The number of urea groups is 1. The molecule has 0 heterocycles. The van der Waals surface area contributed by atoms with E-state index in [9.17, 15) is 9.59 Å². The Balaban J connectivity index is 2.23. The predicted octanol–water partition coefficient (Wildman–Crippen LogP) is 1.41. The van der Waals surface area contributed by atoms with Crippen molar-refractivity contribution in [3.8, 4) is 0 Å². The first kappa shape index (κ1) is 16.1. The van der Waals surface area contributed by atoms with Crippen LogP contribution in [0.1, 0.15) is 23.7 Å². The summed E-state index contributed by atoms with van der Waals surface area (Å²) in [5.41, 5.74) is 1.24. The van der Waals surface area contributed by atoms with Crippen molar-refractivity contribution >= 4 is 17.5 Å². The lowest BCUT2D eigenvalue weighted by Gasteiger charge is -2.08. The van der Waals surface area contributed by atoms with Crippen LogP contribution in [0, 0.1) is 0 Å². The largest absolute Gasteiger partial charge is 0.394 e. The summed E-state index contributed by atoms with van der Waals surface area (Å²) in [6.07, 6.45) is 0.677. The number of nitrogens with one attached hydrogen (secondary N) is 2. The van der Waals surface area contributed by atoms with Crippen LogP contribution < -0.4 is 10.6 Å². The number of aliphatic hydroxyl groups excluding tert-OH is 1. The van der Waals surface area contributed by atoms with Gasteiger partial charge in [0.05, 0.1) is 13.2 Å². The Labute approximate surface area is 118 Å². The number of amides is 2. The number of Topliss-reactive ketones (excluding diaryl/α,β-unsaturated/α-hetero) is 1. The highest BCUT2D eigenvalue weighted by Gasteiger charge is 2.02. The second-order valence-electron chi connectivity index (χ2n) is 4.20. The molecule has 1 aromatic rings. The van der Waals surface area contributed by atoms with Gasteiger partial charge in [0.2, 0.25) is 0 Å². The second kappa shape index (κ2) is 9.06. The van der Waals surface area contributed by atoms with Crippen molar-refractivity contribution in [3.05, 3.63) is 29.8 Å². The third-order valence-corrected chi connectivity index (χ3v) is 2.54. The van der Waals surface area contributed by atoms with Crippen molar-refractivity contribution in [3.63, 3.8) is 0 Å². The van der Waals surface area contributed by atoms with Gasteiger partial charge >= 0.3 is 6.03 Å². The number of anilines is 1. The third kappa shape index (κ3) is 6.31. The smallest absolute Gasteiger partial charge is 0.319 e. The molecule has 1 aromatic carbocycles. The zero-order chi connectivity index (χ0) is 14.8. The monoisotopic (exact) mass is 280 g/mol. The van der Waals surface area contributed by atoms with Gasteiger partial charge in [0, 0.05) is 24.4 Å². The van der Waals surface area contributed by atoms with Crippen LogP contribution in [0.2, 0.25) is 0 Å². The highest BCUT2D eigenvalue weighted by atomic mass is 16.5. The molecule has 0 saturated heterocycles. The maximum absolute atomic E-state index is 11.6. The van der Waals surface area contributed by atoms with Crippen molar-refractivity contribution in [1.29, 1.82) is 0 Å². The van der Waals surface area contributed by atoms with E-state index in [4.69, 9.17) is 9.84 Å². The number of carbonyl (C=O) groups excluding carboxylic acids is 2. The molecule has 0 unspecified atom stereocenters. The van der Waals surface area contributed by atoms with Crippen molar-refractivity contribution in [2.45, 2.75) is 13.3 Å². The lowest BCUT2D eigenvalue weighted by atomic mass is 10.1. The molecule has 0 radical (unpaired) electrons. The van der Waals surface area contributed by atoms with E-state index in [1.165, 1.54) is 6.92 Å². The van der Waals surface area contributed by atoms with Crippen LogP contribution in [-0.2, 0) is 4.74 Å². The molecule has 0 bridgehead atoms. The first-order valence-corrected chi connectivity index (χ1v) is 6.48. The Kier molecular flexibility index (Phi) is 7.31. The van der Waals surface area contributed by atoms with Gasteiger partial charge in [-0.3, -0.25) is 4.79 Å². The number of hydrogen-bond acceptors (Lipinski definition) is 4. The molecule has 0 saturated carbocycles. The Bertz CT molecular complexity index is 431. The Morgan fingerprint density at radius 3 is 2.50 bits per heavy atom. The molecule has 0 aliphatic heterocycles. The number of hydrogen-bond donors (Lipinski definition) is 3. The fourth-order valence-electron chi connectivity index (χ4n) is 1.51. The summed E-state index contributed by atoms with van der Waals surface area (Å²) in [6, 6.07) is 6.39. The van der Waals surface area contributed by atoms with Crippen LogP contribution >= 0.6 is 0 Å². The zero-order valence-corrected chi connectivity index (χ0v) is 11.5. The summed E-state index contributed by atoms with van der Waals surface area (Å²) in [5.74, 6) is -0.0103. The van der Waals surface area contributed by atoms with E-state index in [-0.39, 0.29) is 18.4 Å². The molecule has 1 rings (SSSR count). The predicted molar refractivity (Wildman–Crippen MR) is 76.0 cm³/mol. The molecule has 0 aromatic heterocycles. The first-order valence-electron chi connectivity index (χ1n) is 6.48. The minimum atomic E-state index is -0.303. The van der Waals surface area contributed by atoms with Gasteiger partial charge in [-0.1, -0.05) is 0 Å². The molecule has 6 nitrogen and oxygen atoms in total. The second-order valence-corrected chi connectivity index (χ2v) is 4.20. The fraction of sp³-hybridized carbons (Fsp3) is 0.429. The topological polar surface area (TPSA) is 87.7 Å². The molecular formula is C14H20N2O4. The first-order chi connectivity index (χ1) is 9.63. The van der Waals surface area contributed by atoms with Gasteiger partial charge in [-0.05, 0) is 37.6 Å². The Morgan fingerprint density at radius 2 is 1.90 bits per heavy atom. The molecule has 2 amide bonds. The number of rotatable bonds is 8. The van der Waals surface area contributed by atoms with E-state index in [1.807, 2.05) is 0 Å². The Morgan fingerprint density at radius 1 is 1.20 bits per heavy atom. The lowest BCUT2D eigenvalue weighted by molar-refractivity contribution is 0.0910. The average Bonchev–Trinajstić information content (AvgIpc) is 2.43. The number of benzene rings is 1. The van der Waals surface area contributed by atoms with Gasteiger partial charge in [-0.2, -0.15) is 0 Å². The number of ether oxygens (including phenoxy) is 1. The molecule has 0 aliphatic rings. The maximum atomic E-state index is 11.6. The Hall–Kier alpha value is -1.92. The van der Waals surface area contributed by atoms with E-state index in [2.05, 4.69) is 10.6 Å². The molecule has 20 heavy (non-hydrogen) atoms. The van der Waals surface area contributed by atoms with E-state index in [0.717, 1.165) is 0 Å². The van der Waals surface area contributed by atoms with Gasteiger partial charge in [0.15, 0.2) is 5.78 Å². The molecule has 0 atom stereocenters. The van der Waals surface area contributed by atoms with E-state index in [1.54, 1.807) is 24.3 Å². The molecule has 0 aliphatic carbocycles. The molecule has 0 spiro atoms. The number of carbonyl (C=O) groups is 2. The summed E-state index contributed by atoms with van der Waals surface area (Å²) in [7, 11) is 0. The maximum Gasteiger partial charge on any atom is 0.319 e. The summed E-state index contributed by atoms with van der Waals surface area (Å²) in [5, 5.41) is 13.9. The molecule has 6 heteroatoms. The van der Waals surface area contributed by atoms with Crippen LogP contribution in [0.4, 0.5) is 10.5 Å². The van der Waals surface area contributed by atoms with Gasteiger partial charge in [0.1, 0.15) is 0 Å². The van der Waals surface area contributed by atoms with Crippen LogP contribution in [-0.4, -0.2) is 43.3 Å². The molecule has 110 valence electrons. The molecule has 3 N–H and O–H groups in total. The van der Waals surface area contributed by atoms with Crippen molar-refractivity contribution in [2.75, 3.05) is 31.7 Å². The van der Waals surface area contributed by atoms with Crippen LogP contribution in [0.25, 0.3) is 0 Å². The minimum Gasteiger partial charge on any atom is -0.394 e. The highest BCUT2D eigenvalue weighted by Crippen LogP contribution is 2.09. The lowest BCUT2D eigenvalue weighted by Crippen LogP contribution is -2.30. The van der Waals surface area contributed by atoms with E-state index in [0.29, 0.717) is 37.4 Å². The third-order valence-electron chi connectivity index (χ3n) is 2.54. The molecular weight excluding hydrogens is 260 g/mol. The SMILES string of the molecule is CC(=O)c1ccc(NC(=O)NCCCOCCO)cc1. The fourth-order valence-corrected chi connectivity index (χ4v) is 1.51. The minimum absolute atomic E-state index is 0.00414. The van der Waals surface area contributed by atoms with Crippen molar-refractivity contribution < 1.29 is 19.4 Å². The van der Waals surface area contributed by atoms with E-state index >= 15 is 0 Å². The van der Waals surface area contributed by atoms with Crippen LogP contribution in [0.15, 0.2) is 24.3 Å². The standard InChI is InChI=1S/C14H20N2O4/c1-11(18)12-3-5-13(6-4-12)16-14(19)15-7-2-9-20-10-8-17/h3-6,17H,2,7-10H2,1H3,(H2,15,16,19). The van der Waals surface area contributed by atoms with Crippen molar-refractivity contribution in [1.82, 2.24) is 5.32 Å². The van der Waals surface area contributed by atoms with Gasteiger partial charge in [-0.25, -0.2) is 4.79 Å². The van der Waals surface area contributed by atoms with Crippen LogP contribution in [0.3, 0.4) is 0 Å². The average molecular weight is 280 g/mol. The number of ketones is 1. The van der Waals surface area contributed by atoms with Gasteiger partial charge < -0.3 is 20.5 Å². The summed E-state index contributed by atoms with van der Waals surface area (Å²) < 4.78 is 5.06. The molecule has 0 fully saturated rings. The highest BCUT2D eigenvalue weighted by molar-refractivity contribution is 5.95. The summed E-state index contributed by atoms with van der Waals surface area (Å²) in [6.45, 7) is 2.80. The van der Waals surface area contributed by atoms with Gasteiger partial charge in [0.25, 0.3) is 0 Å². The number of aliphatic hydroxyl groups is 1. The summed E-state index contributed by atoms with van der Waals surface area (Å²) in [4.78, 5) is 22.7. The quantitative estimate of drug-likeness (QED) is 0.496. The van der Waals surface area contributed by atoms with E-state index < -0.39 is 0 Å². The zero-order valence-electron chi connectivity index (χ0n) is 11.5.